The van der Waals surface area contributed by atoms with Crippen LogP contribution < -0.4 is 0 Å². The van der Waals surface area contributed by atoms with Crippen LogP contribution in [-0.2, 0) is 0 Å². The third kappa shape index (κ3) is 2.52. The Labute approximate surface area is 135 Å². The standard InChI is InChI=1S/C18H20ClNO2/c19-15-5-6-16-14(9-15)10-17(22-16)18(21)20-8-7-12-3-1-2-4-13(12)11-20/h5-6,9-10,12-13H,1-4,7-8,11H2/t12-,13+/m1/s1. The lowest BCUT2D eigenvalue weighted by Gasteiger charge is -2.41. The molecule has 4 rings (SSSR count). The van der Waals surface area contributed by atoms with Crippen molar-refractivity contribution in [3.8, 4) is 0 Å². The van der Waals surface area contributed by atoms with Crippen molar-refractivity contribution in [2.75, 3.05) is 13.1 Å². The highest BCUT2D eigenvalue weighted by Crippen LogP contribution is 2.36. The highest BCUT2D eigenvalue weighted by atomic mass is 35.5. The molecule has 1 aromatic heterocycles. The number of hydrogen-bond acceptors (Lipinski definition) is 2. The molecule has 0 radical (unpaired) electrons. The van der Waals surface area contributed by atoms with Crippen molar-refractivity contribution in [1.29, 1.82) is 0 Å². The fourth-order valence-corrected chi connectivity index (χ4v) is 4.24. The number of amides is 1. The van der Waals surface area contributed by atoms with Crippen molar-refractivity contribution < 1.29 is 9.21 Å². The van der Waals surface area contributed by atoms with Crippen LogP contribution in [0.1, 0.15) is 42.7 Å². The zero-order chi connectivity index (χ0) is 15.1. The highest BCUT2D eigenvalue weighted by molar-refractivity contribution is 6.31. The summed E-state index contributed by atoms with van der Waals surface area (Å²) in [5.74, 6) is 1.97. The van der Waals surface area contributed by atoms with Gasteiger partial charge in [0.15, 0.2) is 5.76 Å². The van der Waals surface area contributed by atoms with Crippen LogP contribution in [0.2, 0.25) is 5.02 Å². The Kier molecular flexibility index (Phi) is 3.61. The van der Waals surface area contributed by atoms with Crippen LogP contribution in [0.25, 0.3) is 11.0 Å². The second kappa shape index (κ2) is 5.62. The average molecular weight is 318 g/mol. The molecule has 1 aliphatic carbocycles. The van der Waals surface area contributed by atoms with E-state index < -0.39 is 0 Å². The van der Waals surface area contributed by atoms with E-state index in [0.29, 0.717) is 16.7 Å². The summed E-state index contributed by atoms with van der Waals surface area (Å²) in [5, 5.41) is 1.55. The van der Waals surface area contributed by atoms with Gasteiger partial charge >= 0.3 is 0 Å². The van der Waals surface area contributed by atoms with E-state index in [4.69, 9.17) is 16.0 Å². The van der Waals surface area contributed by atoms with E-state index in [-0.39, 0.29) is 5.91 Å². The minimum Gasteiger partial charge on any atom is -0.451 e. The maximum Gasteiger partial charge on any atom is 0.289 e. The van der Waals surface area contributed by atoms with Gasteiger partial charge in [-0.1, -0.05) is 30.9 Å². The molecule has 0 bridgehead atoms. The molecule has 0 spiro atoms. The Hall–Kier alpha value is -1.48. The Morgan fingerprint density at radius 1 is 1.14 bits per heavy atom. The lowest BCUT2D eigenvalue weighted by molar-refractivity contribution is 0.0494. The molecule has 1 saturated heterocycles. The van der Waals surface area contributed by atoms with Gasteiger partial charge in [0.25, 0.3) is 5.91 Å². The van der Waals surface area contributed by atoms with Crippen molar-refractivity contribution in [1.82, 2.24) is 4.90 Å². The van der Waals surface area contributed by atoms with Crippen LogP contribution in [0.3, 0.4) is 0 Å². The fourth-order valence-electron chi connectivity index (χ4n) is 4.06. The molecular formula is C18H20ClNO2. The first kappa shape index (κ1) is 14.1. The molecule has 3 nitrogen and oxygen atoms in total. The molecule has 1 saturated carbocycles. The summed E-state index contributed by atoms with van der Waals surface area (Å²) in [6.45, 7) is 1.75. The Morgan fingerprint density at radius 3 is 2.82 bits per heavy atom. The molecule has 1 aliphatic heterocycles. The number of carbonyl (C=O) groups is 1. The van der Waals surface area contributed by atoms with Crippen LogP contribution in [0, 0.1) is 11.8 Å². The van der Waals surface area contributed by atoms with Crippen LogP contribution in [0.4, 0.5) is 0 Å². The summed E-state index contributed by atoms with van der Waals surface area (Å²) in [6, 6.07) is 7.26. The summed E-state index contributed by atoms with van der Waals surface area (Å²) in [4.78, 5) is 14.7. The molecule has 2 atom stereocenters. The van der Waals surface area contributed by atoms with Crippen LogP contribution in [0.15, 0.2) is 28.7 Å². The first-order chi connectivity index (χ1) is 10.7. The summed E-state index contributed by atoms with van der Waals surface area (Å²) in [6.07, 6.45) is 6.42. The van der Waals surface area contributed by atoms with Crippen LogP contribution in [0.5, 0.6) is 0 Å². The smallest absolute Gasteiger partial charge is 0.289 e. The summed E-state index contributed by atoms with van der Waals surface area (Å²) >= 11 is 6.00. The number of hydrogen-bond donors (Lipinski definition) is 0. The number of carbonyl (C=O) groups excluding carboxylic acids is 1. The lowest BCUT2D eigenvalue weighted by Crippen LogP contribution is -2.44. The first-order valence-electron chi connectivity index (χ1n) is 8.19. The summed E-state index contributed by atoms with van der Waals surface area (Å²) < 4.78 is 5.72. The number of fused-ring (bicyclic) bond motifs is 2. The molecular weight excluding hydrogens is 298 g/mol. The van der Waals surface area contributed by atoms with Gasteiger partial charge in [-0.05, 0) is 48.9 Å². The van der Waals surface area contributed by atoms with Gasteiger partial charge in [-0.15, -0.1) is 0 Å². The quantitative estimate of drug-likeness (QED) is 0.761. The Balaban J connectivity index is 1.55. The monoisotopic (exact) mass is 317 g/mol. The van der Waals surface area contributed by atoms with Gasteiger partial charge in [-0.25, -0.2) is 0 Å². The van der Waals surface area contributed by atoms with Crippen molar-refractivity contribution in [2.45, 2.75) is 32.1 Å². The summed E-state index contributed by atoms with van der Waals surface area (Å²) in [7, 11) is 0. The third-order valence-corrected chi connectivity index (χ3v) is 5.50. The molecule has 2 aromatic rings. The van der Waals surface area contributed by atoms with Gasteiger partial charge in [0.1, 0.15) is 5.58 Å². The zero-order valence-electron chi connectivity index (χ0n) is 12.6. The molecule has 4 heteroatoms. The van der Waals surface area contributed by atoms with Gasteiger partial charge in [0.05, 0.1) is 0 Å². The maximum atomic E-state index is 12.7. The molecule has 22 heavy (non-hydrogen) atoms. The number of furan rings is 1. The minimum atomic E-state index is 0.0244. The number of piperidine rings is 1. The number of benzene rings is 1. The minimum absolute atomic E-state index is 0.0244. The number of rotatable bonds is 1. The first-order valence-corrected chi connectivity index (χ1v) is 8.57. The molecule has 116 valence electrons. The van der Waals surface area contributed by atoms with E-state index in [1.165, 1.54) is 25.7 Å². The second-order valence-electron chi connectivity index (χ2n) is 6.64. The molecule has 0 unspecified atom stereocenters. The predicted molar refractivity (Wildman–Crippen MR) is 87.2 cm³/mol. The number of nitrogens with zero attached hydrogens (tertiary/aromatic N) is 1. The molecule has 1 aromatic carbocycles. The van der Waals surface area contributed by atoms with Crippen molar-refractivity contribution in [2.24, 2.45) is 11.8 Å². The van der Waals surface area contributed by atoms with E-state index in [9.17, 15) is 4.79 Å². The highest BCUT2D eigenvalue weighted by Gasteiger charge is 2.34. The predicted octanol–water partition coefficient (Wildman–Crippen LogP) is 4.74. The maximum absolute atomic E-state index is 12.7. The largest absolute Gasteiger partial charge is 0.451 e. The van der Waals surface area contributed by atoms with Crippen molar-refractivity contribution in [3.05, 3.63) is 35.0 Å². The van der Waals surface area contributed by atoms with Gasteiger partial charge < -0.3 is 9.32 Å². The van der Waals surface area contributed by atoms with Crippen molar-refractivity contribution >= 4 is 28.5 Å². The SMILES string of the molecule is O=C(c1cc2cc(Cl)ccc2o1)N1CC[C@H]2CCCC[C@H]2C1. The third-order valence-electron chi connectivity index (χ3n) is 5.27. The van der Waals surface area contributed by atoms with Crippen molar-refractivity contribution in [3.63, 3.8) is 0 Å². The van der Waals surface area contributed by atoms with Gasteiger partial charge in [0.2, 0.25) is 0 Å². The summed E-state index contributed by atoms with van der Waals surface area (Å²) in [5.41, 5.74) is 0.723. The van der Waals surface area contributed by atoms with E-state index in [2.05, 4.69) is 0 Å². The van der Waals surface area contributed by atoms with Crippen LogP contribution in [-0.4, -0.2) is 23.9 Å². The molecule has 2 heterocycles. The number of likely N-dealkylation sites (tertiary alicyclic amines) is 1. The van der Waals surface area contributed by atoms with E-state index in [1.54, 1.807) is 6.07 Å². The normalized spacial score (nSPS) is 25.2. The average Bonchev–Trinajstić information content (AvgIpc) is 2.96. The van der Waals surface area contributed by atoms with Gasteiger partial charge in [0, 0.05) is 23.5 Å². The Morgan fingerprint density at radius 2 is 1.95 bits per heavy atom. The second-order valence-corrected chi connectivity index (χ2v) is 7.07. The lowest BCUT2D eigenvalue weighted by atomic mass is 9.75. The molecule has 2 fully saturated rings. The molecule has 0 N–H and O–H groups in total. The zero-order valence-corrected chi connectivity index (χ0v) is 13.3. The van der Waals surface area contributed by atoms with E-state index in [1.807, 2.05) is 23.1 Å². The van der Waals surface area contributed by atoms with E-state index in [0.717, 1.165) is 36.4 Å². The van der Waals surface area contributed by atoms with E-state index >= 15 is 0 Å². The Bertz CT molecular complexity index is 708. The fraction of sp³-hybridized carbons (Fsp3) is 0.500. The number of halogens is 1. The van der Waals surface area contributed by atoms with Crippen LogP contribution >= 0.6 is 11.6 Å². The molecule has 1 amide bonds. The van der Waals surface area contributed by atoms with Gasteiger partial charge in [-0.3, -0.25) is 4.79 Å². The molecule has 2 aliphatic rings. The van der Waals surface area contributed by atoms with Gasteiger partial charge in [-0.2, -0.15) is 0 Å². The topological polar surface area (TPSA) is 33.5 Å².